The van der Waals surface area contributed by atoms with Gasteiger partial charge in [0.2, 0.25) is 0 Å². The fourth-order valence-electron chi connectivity index (χ4n) is 2.83. The molecule has 3 rings (SSSR count). The molecule has 4 heteroatoms. The van der Waals surface area contributed by atoms with Crippen LogP contribution in [0.5, 0.6) is 0 Å². The van der Waals surface area contributed by atoms with Crippen molar-refractivity contribution in [3.05, 3.63) is 71.3 Å². The quantitative estimate of drug-likeness (QED) is 0.930. The molecule has 0 aromatic heterocycles. The summed E-state index contributed by atoms with van der Waals surface area (Å²) >= 11 is 0. The molecule has 3 nitrogen and oxygen atoms in total. The van der Waals surface area contributed by atoms with E-state index in [0.717, 1.165) is 22.3 Å². The number of carbonyl (C=O) groups is 1. The summed E-state index contributed by atoms with van der Waals surface area (Å²) in [5, 5.41) is 9.17. The highest BCUT2D eigenvalue weighted by Crippen LogP contribution is 2.40. The molecule has 2 aromatic carbocycles. The molecule has 1 N–H and O–H groups in total. The van der Waals surface area contributed by atoms with Crippen LogP contribution < -0.4 is 0 Å². The van der Waals surface area contributed by atoms with Gasteiger partial charge in [0.15, 0.2) is 0 Å². The molecular weight excluding hydrogens is 308 g/mol. The molecule has 0 fully saturated rings. The van der Waals surface area contributed by atoms with Gasteiger partial charge in [0.1, 0.15) is 0 Å². The smallest absolute Gasteiger partial charge is 0.307 e. The molecule has 23 heavy (non-hydrogen) atoms. The first-order valence-corrected chi connectivity index (χ1v) is 8.78. The van der Waals surface area contributed by atoms with Crippen molar-refractivity contribution in [2.45, 2.75) is 11.3 Å². The van der Waals surface area contributed by atoms with Crippen molar-refractivity contribution in [2.75, 3.05) is 6.26 Å². The molecule has 0 bridgehead atoms. The third-order valence-corrected chi connectivity index (χ3v) is 4.72. The number of benzene rings is 2. The van der Waals surface area contributed by atoms with E-state index < -0.39 is 16.8 Å². The number of hydrogen-bond donors (Lipinski definition) is 1. The number of aliphatic carboxylic acids is 1. The molecule has 2 aromatic rings. The molecule has 0 amide bonds. The number of allylic oxidation sites excluding steroid dienone is 2. The topological polar surface area (TPSA) is 54.4 Å². The highest BCUT2D eigenvalue weighted by Gasteiger charge is 2.24. The molecule has 0 radical (unpaired) electrons. The number of carboxylic acids is 1. The second kappa shape index (κ2) is 6.34. The van der Waals surface area contributed by atoms with E-state index in [0.29, 0.717) is 10.5 Å². The predicted octanol–water partition coefficient (Wildman–Crippen LogP) is 3.84. The van der Waals surface area contributed by atoms with Gasteiger partial charge in [-0.15, -0.1) is 0 Å². The Morgan fingerprint density at radius 3 is 2.52 bits per heavy atom. The highest BCUT2D eigenvalue weighted by atomic mass is 32.2. The normalized spacial score (nSPS) is 16.0. The van der Waals surface area contributed by atoms with Gasteiger partial charge in [-0.2, -0.15) is 0 Å². The minimum Gasteiger partial charge on any atom is -0.481 e. The van der Waals surface area contributed by atoms with Gasteiger partial charge >= 0.3 is 5.97 Å². The number of rotatable bonds is 4. The summed E-state index contributed by atoms with van der Waals surface area (Å²) in [6, 6.07) is 15.5. The van der Waals surface area contributed by atoms with Crippen LogP contribution in [0.2, 0.25) is 0 Å². The molecule has 1 unspecified atom stereocenters. The molecule has 1 aliphatic rings. The van der Waals surface area contributed by atoms with Crippen LogP contribution in [0.3, 0.4) is 0 Å². The summed E-state index contributed by atoms with van der Waals surface area (Å²) in [6.45, 7) is 0. The van der Waals surface area contributed by atoms with Crippen LogP contribution in [0.25, 0.3) is 17.2 Å². The number of hydrogen-bond acceptors (Lipinski definition) is 2. The Bertz CT molecular complexity index is 848. The molecule has 0 spiro atoms. The zero-order chi connectivity index (χ0) is 16.4. The summed E-state index contributed by atoms with van der Waals surface area (Å²) in [6.07, 6.45) is 5.46. The Hall–Kier alpha value is -2.46. The van der Waals surface area contributed by atoms with Gasteiger partial charge in [-0.25, -0.2) is 0 Å². The monoisotopic (exact) mass is 324 g/mol. The lowest BCUT2D eigenvalue weighted by Gasteiger charge is -2.09. The second-order valence-corrected chi connectivity index (χ2v) is 6.73. The largest absolute Gasteiger partial charge is 0.481 e. The average Bonchev–Trinajstić information content (AvgIpc) is 2.85. The number of carboxylic acid groups (broad SMARTS) is 1. The molecule has 116 valence electrons. The first-order chi connectivity index (χ1) is 11.1. The van der Waals surface area contributed by atoms with E-state index in [2.05, 4.69) is 0 Å². The Morgan fingerprint density at radius 1 is 1.13 bits per heavy atom. The Morgan fingerprint density at radius 2 is 1.87 bits per heavy atom. The van der Waals surface area contributed by atoms with Gasteiger partial charge < -0.3 is 5.11 Å². The fourth-order valence-corrected chi connectivity index (χ4v) is 3.63. The lowest BCUT2D eigenvalue weighted by Crippen LogP contribution is -2.00. The lowest BCUT2D eigenvalue weighted by molar-refractivity contribution is -0.135. The first kappa shape index (κ1) is 15.4. The standard InChI is InChI=1S/C19H16O3S/c1-23(22)17-9-5-8-16-14(10-13-6-3-2-4-7-13)11-15(19(16)17)12-18(20)21/h2-11H,12H2,1H3,(H,20,21). The van der Waals surface area contributed by atoms with Crippen molar-refractivity contribution >= 4 is 34.0 Å². The van der Waals surface area contributed by atoms with Gasteiger partial charge in [0.05, 0.1) is 17.2 Å². The summed E-state index contributed by atoms with van der Waals surface area (Å²) < 4.78 is 12.0. The number of fused-ring (bicyclic) bond motifs is 1. The highest BCUT2D eigenvalue weighted by molar-refractivity contribution is 7.84. The Kier molecular flexibility index (Phi) is 4.26. The second-order valence-electron chi connectivity index (χ2n) is 5.38. The van der Waals surface area contributed by atoms with Crippen LogP contribution in [0.1, 0.15) is 23.1 Å². The van der Waals surface area contributed by atoms with Crippen molar-refractivity contribution < 1.29 is 14.1 Å². The molecule has 1 aliphatic carbocycles. The van der Waals surface area contributed by atoms with Crippen LogP contribution in [-0.2, 0) is 15.6 Å². The summed E-state index contributed by atoms with van der Waals surface area (Å²) in [7, 11) is -1.17. The van der Waals surface area contributed by atoms with E-state index in [1.807, 2.05) is 54.6 Å². The first-order valence-electron chi connectivity index (χ1n) is 7.22. The summed E-state index contributed by atoms with van der Waals surface area (Å²) in [5.74, 6) is -0.889. The molecule has 0 saturated heterocycles. The van der Waals surface area contributed by atoms with Gasteiger partial charge in [-0.05, 0) is 40.5 Å². The average molecular weight is 324 g/mol. The van der Waals surface area contributed by atoms with E-state index in [1.54, 1.807) is 12.3 Å². The fraction of sp³-hybridized carbons (Fsp3) is 0.105. The lowest BCUT2D eigenvalue weighted by atomic mass is 10.0. The minimum absolute atomic E-state index is 0.0760. The maximum atomic E-state index is 12.0. The van der Waals surface area contributed by atoms with Crippen molar-refractivity contribution in [3.63, 3.8) is 0 Å². The van der Waals surface area contributed by atoms with Crippen molar-refractivity contribution in [3.8, 4) is 0 Å². The van der Waals surface area contributed by atoms with Gasteiger partial charge in [0.25, 0.3) is 0 Å². The van der Waals surface area contributed by atoms with Crippen molar-refractivity contribution in [1.82, 2.24) is 0 Å². The van der Waals surface area contributed by atoms with Crippen LogP contribution in [-0.4, -0.2) is 21.5 Å². The van der Waals surface area contributed by atoms with E-state index >= 15 is 0 Å². The zero-order valence-electron chi connectivity index (χ0n) is 12.7. The van der Waals surface area contributed by atoms with Crippen LogP contribution in [0, 0.1) is 0 Å². The molecule has 0 heterocycles. The zero-order valence-corrected chi connectivity index (χ0v) is 13.5. The molecule has 1 atom stereocenters. The van der Waals surface area contributed by atoms with Crippen LogP contribution >= 0.6 is 0 Å². The van der Waals surface area contributed by atoms with Gasteiger partial charge in [-0.3, -0.25) is 9.00 Å². The van der Waals surface area contributed by atoms with Crippen molar-refractivity contribution in [2.24, 2.45) is 0 Å². The van der Waals surface area contributed by atoms with Crippen molar-refractivity contribution in [1.29, 1.82) is 0 Å². The Balaban J connectivity index is 2.17. The molecular formula is C19H16O3S. The van der Waals surface area contributed by atoms with Crippen LogP contribution in [0.4, 0.5) is 0 Å². The summed E-state index contributed by atoms with van der Waals surface area (Å²) in [4.78, 5) is 11.9. The predicted molar refractivity (Wildman–Crippen MR) is 93.3 cm³/mol. The summed E-state index contributed by atoms with van der Waals surface area (Å²) in [5.41, 5.74) is 4.45. The van der Waals surface area contributed by atoms with E-state index in [4.69, 9.17) is 5.11 Å². The van der Waals surface area contributed by atoms with E-state index in [-0.39, 0.29) is 6.42 Å². The van der Waals surface area contributed by atoms with Gasteiger partial charge in [0, 0.05) is 16.7 Å². The SMILES string of the molecule is CS(=O)c1cccc2c1C(CC(=O)O)=CC2=Cc1ccccc1. The maximum absolute atomic E-state index is 12.0. The molecule has 0 aliphatic heterocycles. The minimum atomic E-state index is -1.17. The van der Waals surface area contributed by atoms with Crippen LogP contribution in [0.15, 0.2) is 59.5 Å². The third kappa shape index (κ3) is 3.17. The van der Waals surface area contributed by atoms with E-state index in [1.165, 1.54) is 0 Å². The Labute approximate surface area is 137 Å². The molecule has 0 saturated carbocycles. The van der Waals surface area contributed by atoms with Gasteiger partial charge in [-0.1, -0.05) is 42.5 Å². The third-order valence-electron chi connectivity index (χ3n) is 3.76. The maximum Gasteiger partial charge on any atom is 0.307 e. The van der Waals surface area contributed by atoms with E-state index in [9.17, 15) is 9.00 Å².